The highest BCUT2D eigenvalue weighted by Gasteiger charge is 2.27. The highest BCUT2D eigenvalue weighted by molar-refractivity contribution is 7.47. The number of hydrogen-bond donors (Lipinski definition) is 3. The highest BCUT2D eigenvalue weighted by Crippen LogP contribution is 2.36. The zero-order valence-corrected chi connectivity index (χ0v) is 12.7. The number of nitrogens with one attached hydrogen (secondary N) is 1. The van der Waals surface area contributed by atoms with E-state index in [0.29, 0.717) is 6.42 Å². The van der Waals surface area contributed by atoms with Crippen LogP contribution in [0.4, 0.5) is 5.69 Å². The summed E-state index contributed by atoms with van der Waals surface area (Å²) in [6, 6.07) is 5.74. The third kappa shape index (κ3) is 4.90. The molecule has 1 aromatic rings. The van der Waals surface area contributed by atoms with E-state index in [2.05, 4.69) is 5.32 Å². The van der Waals surface area contributed by atoms with Crippen LogP contribution >= 0.6 is 8.38 Å². The third-order valence-corrected chi connectivity index (χ3v) is 3.92. The van der Waals surface area contributed by atoms with Gasteiger partial charge in [-0.25, -0.2) is 0 Å². The Kier molecular flexibility index (Phi) is 5.92. The lowest BCUT2D eigenvalue weighted by molar-refractivity contribution is -0.116. The van der Waals surface area contributed by atoms with Gasteiger partial charge in [0.05, 0.1) is 0 Å². The van der Waals surface area contributed by atoms with Gasteiger partial charge in [0.1, 0.15) is 5.66 Å². The van der Waals surface area contributed by atoms with E-state index in [4.69, 9.17) is 0 Å². The summed E-state index contributed by atoms with van der Waals surface area (Å²) in [7, 11) is -2.26. The van der Waals surface area contributed by atoms with Crippen LogP contribution in [-0.4, -0.2) is 21.4 Å². The van der Waals surface area contributed by atoms with Crippen LogP contribution in [-0.2, 0) is 4.79 Å². The van der Waals surface area contributed by atoms with Gasteiger partial charge in [0.25, 0.3) is 0 Å². The molecule has 0 aliphatic carbocycles. The molecule has 1 aromatic carbocycles. The molecule has 0 bridgehead atoms. The fourth-order valence-electron chi connectivity index (χ4n) is 1.92. The summed E-state index contributed by atoms with van der Waals surface area (Å²) in [5.74, 6) is -0.0871. The maximum atomic E-state index is 12.1. The van der Waals surface area contributed by atoms with E-state index < -0.39 is 14.0 Å². The minimum absolute atomic E-state index is 0.235. The van der Waals surface area contributed by atoms with Crippen molar-refractivity contribution in [1.29, 1.82) is 0 Å². The Morgan fingerprint density at radius 3 is 2.42 bits per heavy atom. The molecule has 19 heavy (non-hydrogen) atoms. The van der Waals surface area contributed by atoms with Gasteiger partial charge < -0.3 is 15.1 Å². The predicted octanol–water partition coefficient (Wildman–Crippen LogP) is 2.95. The van der Waals surface area contributed by atoms with Gasteiger partial charge in [-0.3, -0.25) is 4.79 Å². The van der Waals surface area contributed by atoms with Gasteiger partial charge in [-0.05, 0) is 37.8 Å². The summed E-state index contributed by atoms with van der Waals surface area (Å²) >= 11 is 0. The molecule has 0 heterocycles. The monoisotopic (exact) mass is 283 g/mol. The maximum Gasteiger partial charge on any atom is 0.236 e. The van der Waals surface area contributed by atoms with Gasteiger partial charge in [0.2, 0.25) is 5.91 Å². The van der Waals surface area contributed by atoms with Crippen LogP contribution in [0.3, 0.4) is 0 Å². The van der Waals surface area contributed by atoms with Gasteiger partial charge >= 0.3 is 0 Å². The average molecular weight is 283 g/mol. The number of amides is 1. The topological polar surface area (TPSA) is 69.6 Å². The molecule has 0 radical (unpaired) electrons. The Morgan fingerprint density at radius 2 is 1.95 bits per heavy atom. The Morgan fingerprint density at radius 1 is 1.32 bits per heavy atom. The molecule has 3 N–H and O–H groups in total. The number of carbonyl (C=O) groups is 1. The fourth-order valence-corrected chi connectivity index (χ4v) is 2.81. The number of aryl methyl sites for hydroxylation is 2. The average Bonchev–Trinajstić information content (AvgIpc) is 2.29. The Bertz CT molecular complexity index is 446. The number of anilines is 1. The minimum Gasteiger partial charge on any atom is -0.349 e. The second-order valence-corrected chi connectivity index (χ2v) is 6.54. The van der Waals surface area contributed by atoms with Crippen molar-refractivity contribution in [2.45, 2.75) is 39.8 Å². The van der Waals surface area contributed by atoms with E-state index in [1.165, 1.54) is 0 Å². The second kappa shape index (κ2) is 6.99. The smallest absolute Gasteiger partial charge is 0.236 e. The van der Waals surface area contributed by atoms with Crippen molar-refractivity contribution in [3.05, 3.63) is 29.3 Å². The summed E-state index contributed by atoms with van der Waals surface area (Å²) in [6.45, 7) is 7.81. The minimum atomic E-state index is -2.26. The van der Waals surface area contributed by atoms with Gasteiger partial charge in [-0.1, -0.05) is 31.5 Å². The molecule has 0 aromatic heterocycles. The molecule has 0 saturated heterocycles. The first-order chi connectivity index (χ1) is 8.81. The summed E-state index contributed by atoms with van der Waals surface area (Å²) in [4.78, 5) is 30.9. The molecule has 106 valence electrons. The van der Waals surface area contributed by atoms with Crippen molar-refractivity contribution >= 4 is 20.0 Å². The SMILES string of the molecule is Cc1ccc(NC(=O)C(CC(C)C)P(O)O)c(C)c1. The molecule has 0 fully saturated rings. The number of carbonyl (C=O) groups excluding carboxylic acids is 1. The summed E-state index contributed by atoms with van der Waals surface area (Å²) in [6.07, 6.45) is 0.468. The van der Waals surface area contributed by atoms with Crippen molar-refractivity contribution < 1.29 is 14.6 Å². The summed E-state index contributed by atoms with van der Waals surface area (Å²) in [5.41, 5.74) is 2.08. The fraction of sp³-hybridized carbons (Fsp3) is 0.500. The lowest BCUT2D eigenvalue weighted by atomic mass is 10.1. The van der Waals surface area contributed by atoms with Crippen LogP contribution < -0.4 is 5.32 Å². The molecule has 0 spiro atoms. The molecule has 1 amide bonds. The van der Waals surface area contributed by atoms with Crippen molar-refractivity contribution in [3.8, 4) is 0 Å². The summed E-state index contributed by atoms with van der Waals surface area (Å²) in [5, 5.41) is 2.78. The van der Waals surface area contributed by atoms with E-state index in [1.54, 1.807) is 0 Å². The van der Waals surface area contributed by atoms with E-state index in [9.17, 15) is 14.6 Å². The number of rotatable bonds is 5. The van der Waals surface area contributed by atoms with Crippen LogP contribution in [0.2, 0.25) is 0 Å². The third-order valence-electron chi connectivity index (χ3n) is 2.92. The Labute approximate surface area is 115 Å². The van der Waals surface area contributed by atoms with E-state index in [-0.39, 0.29) is 11.8 Å². The van der Waals surface area contributed by atoms with E-state index >= 15 is 0 Å². The van der Waals surface area contributed by atoms with Crippen LogP contribution in [0.15, 0.2) is 18.2 Å². The first-order valence-corrected chi connectivity index (χ1v) is 7.68. The molecule has 0 aliphatic heterocycles. The quantitative estimate of drug-likeness (QED) is 0.728. The molecular weight excluding hydrogens is 261 g/mol. The van der Waals surface area contributed by atoms with Gasteiger partial charge in [0, 0.05) is 5.69 Å². The molecule has 4 nitrogen and oxygen atoms in total. The molecule has 1 atom stereocenters. The number of hydrogen-bond acceptors (Lipinski definition) is 3. The maximum absolute atomic E-state index is 12.1. The molecule has 0 aliphatic rings. The van der Waals surface area contributed by atoms with Crippen LogP contribution in [0.25, 0.3) is 0 Å². The van der Waals surface area contributed by atoms with E-state index in [1.807, 2.05) is 45.9 Å². The molecule has 0 saturated carbocycles. The standard InChI is InChI=1S/C14H22NO3P/c1-9(2)7-13(19(17)18)14(16)15-12-6-5-10(3)8-11(12)4/h5-6,8-9,13,17-18H,7H2,1-4H3,(H,15,16). The zero-order valence-electron chi connectivity index (χ0n) is 11.8. The largest absolute Gasteiger partial charge is 0.349 e. The van der Waals surface area contributed by atoms with Crippen LogP contribution in [0.5, 0.6) is 0 Å². The van der Waals surface area contributed by atoms with E-state index in [0.717, 1.165) is 16.8 Å². The lowest BCUT2D eigenvalue weighted by Gasteiger charge is -2.20. The summed E-state index contributed by atoms with van der Waals surface area (Å²) < 4.78 is 0. The van der Waals surface area contributed by atoms with Crippen molar-refractivity contribution in [2.24, 2.45) is 5.92 Å². The van der Waals surface area contributed by atoms with Crippen molar-refractivity contribution in [1.82, 2.24) is 0 Å². The lowest BCUT2D eigenvalue weighted by Crippen LogP contribution is -2.28. The van der Waals surface area contributed by atoms with Gasteiger partial charge in [-0.2, -0.15) is 0 Å². The normalized spacial score (nSPS) is 12.8. The van der Waals surface area contributed by atoms with Gasteiger partial charge in [-0.15, -0.1) is 0 Å². The van der Waals surface area contributed by atoms with Crippen molar-refractivity contribution in [3.63, 3.8) is 0 Å². The molecular formula is C14H22NO3P. The Balaban J connectivity index is 2.81. The number of benzene rings is 1. The first kappa shape index (κ1) is 16.1. The van der Waals surface area contributed by atoms with Crippen LogP contribution in [0.1, 0.15) is 31.4 Å². The second-order valence-electron chi connectivity index (χ2n) is 5.27. The van der Waals surface area contributed by atoms with Crippen LogP contribution in [0, 0.1) is 19.8 Å². The van der Waals surface area contributed by atoms with Gasteiger partial charge in [0.15, 0.2) is 8.38 Å². The first-order valence-electron chi connectivity index (χ1n) is 6.36. The molecule has 5 heteroatoms. The van der Waals surface area contributed by atoms with Crippen molar-refractivity contribution in [2.75, 3.05) is 5.32 Å². The molecule has 1 unspecified atom stereocenters. The molecule has 1 rings (SSSR count). The zero-order chi connectivity index (χ0) is 14.6. The predicted molar refractivity (Wildman–Crippen MR) is 79.1 cm³/mol. The Hall–Kier alpha value is -0.960. The highest BCUT2D eigenvalue weighted by atomic mass is 31.2.